The summed E-state index contributed by atoms with van der Waals surface area (Å²) in [4.78, 5) is 12.1. The van der Waals surface area contributed by atoms with Crippen molar-refractivity contribution < 1.29 is 14.1 Å². The van der Waals surface area contributed by atoms with Gasteiger partial charge in [-0.15, -0.1) is 0 Å². The number of hydrogen-bond donors (Lipinski definition) is 1. The zero-order valence-electron chi connectivity index (χ0n) is 13.6. The number of carbonyl (C=O) groups excluding carboxylic acids is 1. The van der Waals surface area contributed by atoms with Gasteiger partial charge in [0.1, 0.15) is 11.5 Å². The molecule has 0 saturated heterocycles. The largest absolute Gasteiger partial charge is 0.493 e. The SMILES string of the molecule is Cc1cc(CCC(=O)NC(C)c2ccc3c(c2)CCCO3)no1. The lowest BCUT2D eigenvalue weighted by molar-refractivity contribution is -0.121. The molecule has 2 heterocycles. The van der Waals surface area contributed by atoms with E-state index in [4.69, 9.17) is 9.26 Å². The van der Waals surface area contributed by atoms with Crippen LogP contribution in [-0.2, 0) is 17.6 Å². The third-order valence-corrected chi connectivity index (χ3v) is 4.10. The van der Waals surface area contributed by atoms with Crippen LogP contribution in [0.2, 0.25) is 0 Å². The molecule has 1 aliphatic rings. The Morgan fingerprint density at radius 2 is 2.26 bits per heavy atom. The van der Waals surface area contributed by atoms with E-state index in [0.29, 0.717) is 12.8 Å². The van der Waals surface area contributed by atoms with Crippen molar-refractivity contribution >= 4 is 5.91 Å². The van der Waals surface area contributed by atoms with Gasteiger partial charge in [-0.1, -0.05) is 17.3 Å². The van der Waals surface area contributed by atoms with E-state index >= 15 is 0 Å². The number of carbonyl (C=O) groups is 1. The number of aryl methyl sites for hydroxylation is 3. The molecule has 1 unspecified atom stereocenters. The maximum Gasteiger partial charge on any atom is 0.220 e. The zero-order chi connectivity index (χ0) is 16.2. The highest BCUT2D eigenvalue weighted by molar-refractivity contribution is 5.76. The molecule has 0 aliphatic carbocycles. The van der Waals surface area contributed by atoms with Crippen LogP contribution >= 0.6 is 0 Å². The van der Waals surface area contributed by atoms with Crippen molar-refractivity contribution in [3.63, 3.8) is 0 Å². The first kappa shape index (κ1) is 15.6. The van der Waals surface area contributed by atoms with E-state index in [1.165, 1.54) is 5.56 Å². The van der Waals surface area contributed by atoms with Gasteiger partial charge in [0.15, 0.2) is 0 Å². The molecule has 0 saturated carbocycles. The predicted molar refractivity (Wildman–Crippen MR) is 86.4 cm³/mol. The number of aromatic nitrogens is 1. The van der Waals surface area contributed by atoms with Crippen molar-refractivity contribution in [3.05, 3.63) is 46.8 Å². The lowest BCUT2D eigenvalue weighted by Gasteiger charge is -2.20. The van der Waals surface area contributed by atoms with Crippen LogP contribution in [0, 0.1) is 6.92 Å². The standard InChI is InChI=1S/C18H22N2O3/c1-12-10-16(20-23-12)6-8-18(21)19-13(2)14-5-7-17-15(11-14)4-3-9-22-17/h5,7,10-11,13H,3-4,6,8-9H2,1-2H3,(H,19,21). The van der Waals surface area contributed by atoms with Gasteiger partial charge in [-0.3, -0.25) is 4.79 Å². The summed E-state index contributed by atoms with van der Waals surface area (Å²) in [6.07, 6.45) is 3.09. The summed E-state index contributed by atoms with van der Waals surface area (Å²) in [5.41, 5.74) is 3.16. The highest BCUT2D eigenvalue weighted by Crippen LogP contribution is 2.27. The fourth-order valence-corrected chi connectivity index (χ4v) is 2.82. The van der Waals surface area contributed by atoms with E-state index in [9.17, 15) is 4.79 Å². The minimum Gasteiger partial charge on any atom is -0.493 e. The molecule has 1 N–H and O–H groups in total. The molecular weight excluding hydrogens is 292 g/mol. The second kappa shape index (κ2) is 6.86. The third kappa shape index (κ3) is 3.92. The van der Waals surface area contributed by atoms with Gasteiger partial charge >= 0.3 is 0 Å². The number of rotatable bonds is 5. The van der Waals surface area contributed by atoms with Crippen molar-refractivity contribution in [1.82, 2.24) is 10.5 Å². The quantitative estimate of drug-likeness (QED) is 0.921. The van der Waals surface area contributed by atoms with Gasteiger partial charge in [0.2, 0.25) is 5.91 Å². The van der Waals surface area contributed by atoms with E-state index in [1.54, 1.807) is 0 Å². The normalized spacial score (nSPS) is 14.7. The highest BCUT2D eigenvalue weighted by atomic mass is 16.5. The summed E-state index contributed by atoms with van der Waals surface area (Å²) in [5.74, 6) is 1.76. The summed E-state index contributed by atoms with van der Waals surface area (Å²) in [6, 6.07) is 8.01. The monoisotopic (exact) mass is 314 g/mol. The third-order valence-electron chi connectivity index (χ3n) is 4.10. The fraction of sp³-hybridized carbons (Fsp3) is 0.444. The zero-order valence-corrected chi connectivity index (χ0v) is 13.6. The van der Waals surface area contributed by atoms with Crippen LogP contribution in [0.5, 0.6) is 5.75 Å². The van der Waals surface area contributed by atoms with E-state index < -0.39 is 0 Å². The second-order valence-electron chi connectivity index (χ2n) is 6.04. The summed E-state index contributed by atoms with van der Waals surface area (Å²) in [5, 5.41) is 6.95. The average Bonchev–Trinajstić information content (AvgIpc) is 2.98. The lowest BCUT2D eigenvalue weighted by Crippen LogP contribution is -2.27. The fourth-order valence-electron chi connectivity index (χ4n) is 2.82. The Kier molecular flexibility index (Phi) is 4.65. The van der Waals surface area contributed by atoms with E-state index in [0.717, 1.165) is 42.2 Å². The number of ether oxygens (including phenoxy) is 1. The second-order valence-corrected chi connectivity index (χ2v) is 6.04. The Labute approximate surface area is 136 Å². The summed E-state index contributed by atoms with van der Waals surface area (Å²) >= 11 is 0. The maximum absolute atomic E-state index is 12.1. The molecule has 1 atom stereocenters. The molecule has 23 heavy (non-hydrogen) atoms. The van der Waals surface area contributed by atoms with Gasteiger partial charge in [-0.25, -0.2) is 0 Å². The van der Waals surface area contributed by atoms with Crippen LogP contribution in [0.15, 0.2) is 28.8 Å². The molecule has 1 amide bonds. The Bertz CT molecular complexity index is 693. The number of hydrogen-bond acceptors (Lipinski definition) is 4. The van der Waals surface area contributed by atoms with Crippen molar-refractivity contribution in [2.24, 2.45) is 0 Å². The highest BCUT2D eigenvalue weighted by Gasteiger charge is 2.15. The van der Waals surface area contributed by atoms with E-state index in [-0.39, 0.29) is 11.9 Å². The molecule has 122 valence electrons. The minimum atomic E-state index is -0.0197. The van der Waals surface area contributed by atoms with Crippen molar-refractivity contribution in [1.29, 1.82) is 0 Å². The molecule has 3 rings (SSSR count). The first-order valence-corrected chi connectivity index (χ1v) is 8.09. The first-order valence-electron chi connectivity index (χ1n) is 8.09. The average molecular weight is 314 g/mol. The van der Waals surface area contributed by atoms with Gasteiger partial charge in [0.05, 0.1) is 18.3 Å². The molecular formula is C18H22N2O3. The molecule has 2 aromatic rings. The summed E-state index contributed by atoms with van der Waals surface area (Å²) < 4.78 is 10.6. The number of benzene rings is 1. The van der Waals surface area contributed by atoms with Gasteiger partial charge in [-0.05, 0) is 43.9 Å². The van der Waals surface area contributed by atoms with E-state index in [1.807, 2.05) is 32.0 Å². The van der Waals surface area contributed by atoms with Crippen LogP contribution in [0.1, 0.15) is 48.4 Å². The number of nitrogens with zero attached hydrogens (tertiary/aromatic N) is 1. The van der Waals surface area contributed by atoms with Gasteiger partial charge in [0, 0.05) is 18.9 Å². The van der Waals surface area contributed by atoms with Gasteiger partial charge in [-0.2, -0.15) is 0 Å². The van der Waals surface area contributed by atoms with Gasteiger partial charge in [0.25, 0.3) is 0 Å². The van der Waals surface area contributed by atoms with Crippen LogP contribution in [0.25, 0.3) is 0 Å². The van der Waals surface area contributed by atoms with Crippen LogP contribution < -0.4 is 10.1 Å². The van der Waals surface area contributed by atoms with Crippen LogP contribution in [0.3, 0.4) is 0 Å². The molecule has 1 aromatic heterocycles. The molecule has 0 spiro atoms. The Morgan fingerprint density at radius 3 is 3.04 bits per heavy atom. The molecule has 5 nitrogen and oxygen atoms in total. The van der Waals surface area contributed by atoms with Crippen molar-refractivity contribution in [2.75, 3.05) is 6.61 Å². The summed E-state index contributed by atoms with van der Waals surface area (Å²) in [6.45, 7) is 4.64. The number of nitrogens with one attached hydrogen (secondary N) is 1. The lowest BCUT2D eigenvalue weighted by atomic mass is 10.00. The molecule has 1 aliphatic heterocycles. The Morgan fingerprint density at radius 1 is 1.39 bits per heavy atom. The summed E-state index contributed by atoms with van der Waals surface area (Å²) in [7, 11) is 0. The van der Waals surface area contributed by atoms with Crippen molar-refractivity contribution in [2.45, 2.75) is 45.6 Å². The smallest absolute Gasteiger partial charge is 0.220 e. The Hall–Kier alpha value is -2.30. The van der Waals surface area contributed by atoms with Crippen LogP contribution in [0.4, 0.5) is 0 Å². The molecule has 0 radical (unpaired) electrons. The number of amides is 1. The topological polar surface area (TPSA) is 64.4 Å². The first-order chi connectivity index (χ1) is 11.1. The maximum atomic E-state index is 12.1. The predicted octanol–water partition coefficient (Wildman–Crippen LogP) is 3.12. The molecule has 5 heteroatoms. The van der Waals surface area contributed by atoms with Crippen molar-refractivity contribution in [3.8, 4) is 5.75 Å². The molecule has 0 bridgehead atoms. The van der Waals surface area contributed by atoms with Gasteiger partial charge < -0.3 is 14.6 Å². The van der Waals surface area contributed by atoms with Crippen LogP contribution in [-0.4, -0.2) is 17.7 Å². The minimum absolute atomic E-state index is 0.0197. The number of fused-ring (bicyclic) bond motifs is 1. The van der Waals surface area contributed by atoms with E-state index in [2.05, 4.69) is 16.5 Å². The molecule has 1 aromatic carbocycles. The molecule has 0 fully saturated rings. The Balaban J connectivity index is 1.55.